The van der Waals surface area contributed by atoms with Crippen LogP contribution in [-0.4, -0.2) is 36.0 Å². The maximum absolute atomic E-state index is 13.2. The number of aromatic amines is 1. The Morgan fingerprint density at radius 2 is 1.82 bits per heavy atom. The van der Waals surface area contributed by atoms with Crippen molar-refractivity contribution in [3.05, 3.63) is 84.0 Å². The van der Waals surface area contributed by atoms with Crippen LogP contribution >= 0.6 is 0 Å². The summed E-state index contributed by atoms with van der Waals surface area (Å²) in [4.78, 5) is 30.8. The maximum Gasteiger partial charge on any atom is 0.300 e. The van der Waals surface area contributed by atoms with E-state index in [2.05, 4.69) is 4.98 Å². The van der Waals surface area contributed by atoms with Crippen LogP contribution in [0.15, 0.2) is 77.0 Å². The quantitative estimate of drug-likeness (QED) is 0.269. The van der Waals surface area contributed by atoms with Gasteiger partial charge in [-0.05, 0) is 30.3 Å². The summed E-state index contributed by atoms with van der Waals surface area (Å²) in [6.45, 7) is 0. The summed E-state index contributed by atoms with van der Waals surface area (Å²) in [7, 11) is 2.99. The molecule has 2 aromatic heterocycles. The molecule has 0 aliphatic carbocycles. The molecular weight excluding hydrogens is 424 g/mol. The van der Waals surface area contributed by atoms with E-state index in [1.165, 1.54) is 25.4 Å². The van der Waals surface area contributed by atoms with E-state index in [0.29, 0.717) is 28.5 Å². The van der Waals surface area contributed by atoms with Crippen molar-refractivity contribution in [1.29, 1.82) is 0 Å². The van der Waals surface area contributed by atoms with Crippen LogP contribution < -0.4 is 14.4 Å². The Morgan fingerprint density at radius 3 is 2.55 bits per heavy atom. The Morgan fingerprint density at radius 1 is 1.03 bits per heavy atom. The number of para-hydroxylation sites is 1. The van der Waals surface area contributed by atoms with E-state index in [4.69, 9.17) is 13.9 Å². The first-order valence-electron chi connectivity index (χ1n) is 10.2. The lowest BCUT2D eigenvalue weighted by molar-refractivity contribution is -0.132. The van der Waals surface area contributed by atoms with Crippen molar-refractivity contribution >= 4 is 34.0 Å². The molecule has 0 spiro atoms. The molecule has 33 heavy (non-hydrogen) atoms. The lowest BCUT2D eigenvalue weighted by atomic mass is 9.99. The number of hydrogen-bond acceptors (Lipinski definition) is 6. The second-order valence-electron chi connectivity index (χ2n) is 7.47. The van der Waals surface area contributed by atoms with Gasteiger partial charge in [0.1, 0.15) is 17.6 Å². The number of carbonyl (C=O) groups excluding carboxylic acids is 2. The second kappa shape index (κ2) is 7.90. The molecule has 1 aliphatic heterocycles. The van der Waals surface area contributed by atoms with Gasteiger partial charge in [-0.2, -0.15) is 0 Å². The van der Waals surface area contributed by atoms with Crippen LogP contribution in [0, 0.1) is 0 Å². The number of anilines is 1. The summed E-state index contributed by atoms with van der Waals surface area (Å²) in [5.41, 5.74) is 1.55. The fourth-order valence-electron chi connectivity index (χ4n) is 4.20. The van der Waals surface area contributed by atoms with Crippen LogP contribution in [-0.2, 0) is 9.59 Å². The summed E-state index contributed by atoms with van der Waals surface area (Å²) in [5.74, 6) is -0.669. The number of aromatic nitrogens is 1. The van der Waals surface area contributed by atoms with E-state index in [1.54, 1.807) is 36.5 Å². The molecule has 1 atom stereocenters. The number of Topliss-reactive ketones (excluding diaryl/α,β-unsaturated/α-hetero) is 1. The van der Waals surface area contributed by atoms with E-state index < -0.39 is 17.7 Å². The standard InChI is InChI=1S/C25H20N2O6/c1-31-18-10-9-14(12-20(18)32-2)27-22(19-8-5-11-33-19)21(24(29)25(27)30)23(28)16-13-26-17-7-4-3-6-15(16)17/h3-13,22,26,28H,1-2H3/b23-21-. The van der Waals surface area contributed by atoms with Crippen molar-refractivity contribution in [3.63, 3.8) is 0 Å². The van der Waals surface area contributed by atoms with Gasteiger partial charge in [-0.3, -0.25) is 14.5 Å². The van der Waals surface area contributed by atoms with Crippen LogP contribution in [0.5, 0.6) is 11.5 Å². The SMILES string of the molecule is COc1ccc(N2C(=O)C(=O)/C(=C(\O)c3c[nH]c4ccccc34)C2c2ccco2)cc1OC. The third-order valence-electron chi connectivity index (χ3n) is 5.75. The van der Waals surface area contributed by atoms with E-state index in [-0.39, 0.29) is 11.3 Å². The zero-order valence-electron chi connectivity index (χ0n) is 17.9. The number of hydrogen-bond donors (Lipinski definition) is 2. The molecule has 5 rings (SSSR count). The lowest BCUT2D eigenvalue weighted by Gasteiger charge is -2.24. The summed E-state index contributed by atoms with van der Waals surface area (Å²) in [6, 6.07) is 14.6. The Labute approximate surface area is 188 Å². The minimum absolute atomic E-state index is 0.0607. The summed E-state index contributed by atoms with van der Waals surface area (Å²) >= 11 is 0. The first-order chi connectivity index (χ1) is 16.0. The molecular formula is C25H20N2O6. The minimum atomic E-state index is -0.966. The second-order valence-corrected chi connectivity index (χ2v) is 7.47. The van der Waals surface area contributed by atoms with Crippen molar-refractivity contribution in [2.24, 2.45) is 0 Å². The van der Waals surface area contributed by atoms with Gasteiger partial charge < -0.3 is 24.0 Å². The Kier molecular flexibility index (Phi) is 4.90. The van der Waals surface area contributed by atoms with Gasteiger partial charge in [0.2, 0.25) is 0 Å². The fraction of sp³-hybridized carbons (Fsp3) is 0.120. The average Bonchev–Trinajstić information content (AvgIpc) is 3.57. The first kappa shape index (κ1) is 20.4. The molecule has 0 bridgehead atoms. The van der Waals surface area contributed by atoms with Crippen molar-refractivity contribution < 1.29 is 28.6 Å². The van der Waals surface area contributed by atoms with Crippen LogP contribution in [0.4, 0.5) is 5.69 Å². The number of ether oxygens (including phenoxy) is 2. The van der Waals surface area contributed by atoms with Crippen molar-refractivity contribution in [2.75, 3.05) is 19.1 Å². The minimum Gasteiger partial charge on any atom is -0.507 e. The molecule has 166 valence electrons. The summed E-state index contributed by atoms with van der Waals surface area (Å²) in [5, 5.41) is 12.0. The number of nitrogens with zero attached hydrogens (tertiary/aromatic N) is 1. The van der Waals surface area contributed by atoms with Crippen LogP contribution in [0.25, 0.3) is 16.7 Å². The number of rotatable bonds is 5. The average molecular weight is 444 g/mol. The number of ketones is 1. The number of methoxy groups -OCH3 is 2. The fourth-order valence-corrected chi connectivity index (χ4v) is 4.20. The van der Waals surface area contributed by atoms with Crippen molar-refractivity contribution in [3.8, 4) is 11.5 Å². The van der Waals surface area contributed by atoms with Gasteiger partial charge in [-0.1, -0.05) is 18.2 Å². The van der Waals surface area contributed by atoms with Gasteiger partial charge in [0.15, 0.2) is 11.5 Å². The summed E-state index contributed by atoms with van der Waals surface area (Å²) < 4.78 is 16.2. The number of furan rings is 1. The van der Waals surface area contributed by atoms with Gasteiger partial charge in [-0.25, -0.2) is 0 Å². The topological polar surface area (TPSA) is 105 Å². The molecule has 8 nitrogen and oxygen atoms in total. The number of nitrogens with one attached hydrogen (secondary N) is 1. The zero-order chi connectivity index (χ0) is 23.1. The first-order valence-corrected chi connectivity index (χ1v) is 10.2. The predicted octanol–water partition coefficient (Wildman–Crippen LogP) is 4.40. The highest BCUT2D eigenvalue weighted by Gasteiger charge is 2.48. The number of carbonyl (C=O) groups is 2. The maximum atomic E-state index is 13.2. The molecule has 0 saturated carbocycles. The van der Waals surface area contributed by atoms with Crippen LogP contribution in [0.3, 0.4) is 0 Å². The molecule has 2 N–H and O–H groups in total. The number of H-pyrrole nitrogens is 1. The van der Waals surface area contributed by atoms with Gasteiger partial charge in [0, 0.05) is 34.4 Å². The predicted molar refractivity (Wildman–Crippen MR) is 121 cm³/mol. The van der Waals surface area contributed by atoms with Crippen LogP contribution in [0.2, 0.25) is 0 Å². The Hall–Kier alpha value is -4.46. The molecule has 2 aromatic carbocycles. The smallest absolute Gasteiger partial charge is 0.300 e. The summed E-state index contributed by atoms with van der Waals surface area (Å²) in [6.07, 6.45) is 3.07. The monoisotopic (exact) mass is 444 g/mol. The molecule has 1 amide bonds. The zero-order valence-corrected chi connectivity index (χ0v) is 17.9. The molecule has 4 aromatic rings. The molecule has 3 heterocycles. The number of benzene rings is 2. The van der Waals surface area contributed by atoms with Gasteiger partial charge in [-0.15, -0.1) is 0 Å². The molecule has 1 fully saturated rings. The van der Waals surface area contributed by atoms with Crippen molar-refractivity contribution in [1.82, 2.24) is 4.98 Å². The normalized spacial score (nSPS) is 17.6. The van der Waals surface area contributed by atoms with Crippen molar-refractivity contribution in [2.45, 2.75) is 6.04 Å². The lowest BCUT2D eigenvalue weighted by Crippen LogP contribution is -2.29. The number of aliphatic hydroxyl groups is 1. The largest absolute Gasteiger partial charge is 0.507 e. The highest BCUT2D eigenvalue weighted by molar-refractivity contribution is 6.51. The van der Waals surface area contributed by atoms with E-state index in [9.17, 15) is 14.7 Å². The van der Waals surface area contributed by atoms with Gasteiger partial charge >= 0.3 is 0 Å². The van der Waals surface area contributed by atoms with E-state index in [0.717, 1.165) is 10.9 Å². The molecule has 0 radical (unpaired) electrons. The Bertz CT molecular complexity index is 1400. The Balaban J connectivity index is 1.72. The molecule has 1 saturated heterocycles. The number of aliphatic hydroxyl groups excluding tert-OH is 1. The van der Waals surface area contributed by atoms with Gasteiger partial charge in [0.05, 0.1) is 26.1 Å². The molecule has 8 heteroatoms. The highest BCUT2D eigenvalue weighted by atomic mass is 16.5. The molecule has 1 unspecified atom stereocenters. The molecule has 1 aliphatic rings. The van der Waals surface area contributed by atoms with Crippen LogP contribution in [0.1, 0.15) is 17.4 Å². The number of amides is 1. The van der Waals surface area contributed by atoms with E-state index >= 15 is 0 Å². The third kappa shape index (κ3) is 3.15. The third-order valence-corrected chi connectivity index (χ3v) is 5.75. The number of fused-ring (bicyclic) bond motifs is 1. The van der Waals surface area contributed by atoms with E-state index in [1.807, 2.05) is 24.3 Å². The highest BCUT2D eigenvalue weighted by Crippen LogP contribution is 2.44. The van der Waals surface area contributed by atoms with Gasteiger partial charge in [0.25, 0.3) is 11.7 Å².